The summed E-state index contributed by atoms with van der Waals surface area (Å²) in [5.74, 6) is -1.54. The molecule has 2 N–H and O–H groups in total. The number of nitrogens with zero attached hydrogens (tertiary/aromatic N) is 2. The summed E-state index contributed by atoms with van der Waals surface area (Å²) >= 11 is 18.7. The van der Waals surface area contributed by atoms with E-state index in [2.05, 4.69) is 10.4 Å². The van der Waals surface area contributed by atoms with E-state index in [9.17, 15) is 14.4 Å². The predicted molar refractivity (Wildman–Crippen MR) is 110 cm³/mol. The maximum Gasteiger partial charge on any atom is 0.331 e. The summed E-state index contributed by atoms with van der Waals surface area (Å²) in [6.07, 6.45) is 2.53. The van der Waals surface area contributed by atoms with E-state index in [1.165, 1.54) is 17.8 Å². The monoisotopic (exact) mass is 458 g/mol. The summed E-state index contributed by atoms with van der Waals surface area (Å²) in [7, 11) is 1.35. The normalized spacial score (nSPS) is 10.8. The summed E-state index contributed by atoms with van der Waals surface area (Å²) in [5, 5.41) is 9.75. The lowest BCUT2D eigenvalue weighted by molar-refractivity contribution is -0.143. The highest BCUT2D eigenvalue weighted by Gasteiger charge is 2.15. The van der Waals surface area contributed by atoms with E-state index < -0.39 is 24.5 Å². The highest BCUT2D eigenvalue weighted by molar-refractivity contribution is 6.36. The molecule has 0 radical (unpaired) electrons. The molecule has 0 bridgehead atoms. The Hall–Kier alpha value is -2.55. The number of hydrogen-bond donors (Lipinski definition) is 2. The van der Waals surface area contributed by atoms with Crippen molar-refractivity contribution in [3.8, 4) is 0 Å². The van der Waals surface area contributed by atoms with Crippen molar-refractivity contribution in [1.29, 1.82) is 0 Å². The lowest BCUT2D eigenvalue weighted by atomic mass is 10.2. The first-order valence-electron chi connectivity index (χ1n) is 8.25. The largest absolute Gasteiger partial charge is 0.452 e. The summed E-state index contributed by atoms with van der Waals surface area (Å²) in [5.41, 5.74) is 1.73. The van der Waals surface area contributed by atoms with Gasteiger partial charge in [-0.05, 0) is 25.1 Å². The summed E-state index contributed by atoms with van der Waals surface area (Å²) < 4.78 is 6.27. The number of amides is 3. The van der Waals surface area contributed by atoms with Crippen molar-refractivity contribution in [1.82, 2.24) is 20.4 Å². The first kappa shape index (κ1) is 22.7. The van der Waals surface area contributed by atoms with Gasteiger partial charge in [0.2, 0.25) is 0 Å². The number of imide groups is 1. The number of aryl methyl sites for hydroxylation is 1. The number of nitrogens with one attached hydrogen (secondary N) is 2. The molecule has 1 aromatic heterocycles. The molecule has 1 aromatic carbocycles. The van der Waals surface area contributed by atoms with Gasteiger partial charge in [0.15, 0.2) is 6.61 Å². The van der Waals surface area contributed by atoms with Crippen LogP contribution in [0.5, 0.6) is 0 Å². The van der Waals surface area contributed by atoms with Crippen LogP contribution in [-0.4, -0.2) is 41.3 Å². The van der Waals surface area contributed by atoms with Gasteiger partial charge in [0.25, 0.3) is 5.91 Å². The average molecular weight is 460 g/mol. The van der Waals surface area contributed by atoms with Gasteiger partial charge in [-0.3, -0.25) is 10.1 Å². The Labute approximate surface area is 181 Å². The topological polar surface area (TPSA) is 102 Å². The number of urea groups is 1. The molecule has 1 heterocycles. The standard InChI is InChI=1S/C18H17Cl3N4O4/c1-10-11(6-7-16(27)29-9-15(26)23-18(28)22-2)17(21)25(24-10)8-12-13(19)4-3-5-14(12)20/h3-7H,8-9H2,1-2H3,(H2,22,23,26,28)/b7-6+. The van der Waals surface area contributed by atoms with Gasteiger partial charge in [0, 0.05) is 34.3 Å². The molecule has 0 saturated heterocycles. The molecule has 0 atom stereocenters. The number of benzene rings is 1. The predicted octanol–water partition coefficient (Wildman–Crippen LogP) is 3.21. The van der Waals surface area contributed by atoms with Crippen LogP contribution in [0, 0.1) is 6.92 Å². The van der Waals surface area contributed by atoms with Crippen molar-refractivity contribution in [2.75, 3.05) is 13.7 Å². The Morgan fingerprint density at radius 3 is 2.48 bits per heavy atom. The highest BCUT2D eigenvalue weighted by Crippen LogP contribution is 2.28. The Bertz CT molecular complexity index is 952. The third-order valence-electron chi connectivity index (χ3n) is 3.69. The van der Waals surface area contributed by atoms with Crippen LogP contribution in [0.3, 0.4) is 0 Å². The van der Waals surface area contributed by atoms with Crippen LogP contribution in [0.15, 0.2) is 24.3 Å². The zero-order valence-electron chi connectivity index (χ0n) is 15.5. The molecule has 11 heteroatoms. The number of halogens is 3. The number of hydrogen-bond acceptors (Lipinski definition) is 5. The fourth-order valence-electron chi connectivity index (χ4n) is 2.26. The van der Waals surface area contributed by atoms with E-state index >= 15 is 0 Å². The number of aromatic nitrogens is 2. The van der Waals surface area contributed by atoms with Crippen molar-refractivity contribution < 1.29 is 19.1 Å². The Kier molecular flexibility index (Phi) is 8.07. The number of esters is 1. The minimum atomic E-state index is -0.783. The van der Waals surface area contributed by atoms with Gasteiger partial charge in [0.1, 0.15) is 5.15 Å². The first-order valence-corrected chi connectivity index (χ1v) is 9.38. The Balaban J connectivity index is 2.05. The minimum Gasteiger partial charge on any atom is -0.452 e. The molecule has 0 unspecified atom stereocenters. The van der Waals surface area contributed by atoms with Gasteiger partial charge in [-0.2, -0.15) is 5.10 Å². The summed E-state index contributed by atoms with van der Waals surface area (Å²) in [4.78, 5) is 34.2. The molecule has 0 aliphatic carbocycles. The fourth-order valence-corrected chi connectivity index (χ4v) is 3.07. The second-order valence-corrected chi connectivity index (χ2v) is 6.89. The van der Waals surface area contributed by atoms with Gasteiger partial charge < -0.3 is 10.1 Å². The molecule has 2 rings (SSSR count). The number of rotatable bonds is 6. The zero-order valence-corrected chi connectivity index (χ0v) is 17.7. The summed E-state index contributed by atoms with van der Waals surface area (Å²) in [6.45, 7) is 1.36. The maximum atomic E-state index is 11.8. The SMILES string of the molecule is CNC(=O)NC(=O)COC(=O)/C=C/c1c(C)nn(Cc2c(Cl)cccc2Cl)c1Cl. The molecule has 0 fully saturated rings. The van der Waals surface area contributed by atoms with Crippen LogP contribution in [-0.2, 0) is 20.9 Å². The molecule has 0 saturated carbocycles. The van der Waals surface area contributed by atoms with Crippen molar-refractivity contribution in [2.24, 2.45) is 0 Å². The second-order valence-electron chi connectivity index (χ2n) is 5.72. The second kappa shape index (κ2) is 10.3. The van der Waals surface area contributed by atoms with Crippen LogP contribution in [0.4, 0.5) is 4.79 Å². The molecule has 29 heavy (non-hydrogen) atoms. The van der Waals surface area contributed by atoms with E-state index in [0.717, 1.165) is 6.08 Å². The van der Waals surface area contributed by atoms with E-state index in [4.69, 9.17) is 39.5 Å². The molecule has 154 valence electrons. The molecule has 2 aromatic rings. The Morgan fingerprint density at radius 1 is 1.21 bits per heavy atom. The van der Waals surface area contributed by atoms with E-state index in [0.29, 0.717) is 26.9 Å². The lowest BCUT2D eigenvalue weighted by Crippen LogP contribution is -2.39. The zero-order chi connectivity index (χ0) is 21.6. The molecular weight excluding hydrogens is 443 g/mol. The third kappa shape index (κ3) is 6.22. The molecule has 0 spiro atoms. The van der Waals surface area contributed by atoms with Gasteiger partial charge in [0.05, 0.1) is 12.2 Å². The minimum absolute atomic E-state index is 0.246. The van der Waals surface area contributed by atoms with Crippen molar-refractivity contribution in [3.63, 3.8) is 0 Å². The number of carbonyl (C=O) groups excluding carboxylic acids is 3. The van der Waals surface area contributed by atoms with Crippen LogP contribution >= 0.6 is 34.8 Å². The van der Waals surface area contributed by atoms with Gasteiger partial charge in [-0.25, -0.2) is 14.3 Å². The van der Waals surface area contributed by atoms with Gasteiger partial charge in [-0.15, -0.1) is 0 Å². The first-order chi connectivity index (χ1) is 13.7. The van der Waals surface area contributed by atoms with Crippen molar-refractivity contribution in [2.45, 2.75) is 13.5 Å². The molecular formula is C18H17Cl3N4O4. The highest BCUT2D eigenvalue weighted by atomic mass is 35.5. The number of carbonyl (C=O) groups is 3. The number of ether oxygens (including phenoxy) is 1. The van der Waals surface area contributed by atoms with Crippen LogP contribution in [0.25, 0.3) is 6.08 Å². The summed E-state index contributed by atoms with van der Waals surface area (Å²) in [6, 6.07) is 4.46. The Morgan fingerprint density at radius 2 is 1.86 bits per heavy atom. The maximum absolute atomic E-state index is 11.8. The average Bonchev–Trinajstić information content (AvgIpc) is 2.94. The van der Waals surface area contributed by atoms with Crippen LogP contribution in [0.2, 0.25) is 15.2 Å². The molecule has 8 nitrogen and oxygen atoms in total. The molecule has 3 amide bonds. The smallest absolute Gasteiger partial charge is 0.331 e. The van der Waals surface area contributed by atoms with Gasteiger partial charge >= 0.3 is 12.0 Å². The van der Waals surface area contributed by atoms with E-state index in [1.54, 1.807) is 25.1 Å². The van der Waals surface area contributed by atoms with Crippen molar-refractivity contribution >= 4 is 58.8 Å². The van der Waals surface area contributed by atoms with E-state index in [-0.39, 0.29) is 11.7 Å². The quantitative estimate of drug-likeness (QED) is 0.510. The van der Waals surface area contributed by atoms with E-state index in [1.807, 2.05) is 5.32 Å². The van der Waals surface area contributed by atoms with Crippen LogP contribution in [0.1, 0.15) is 16.8 Å². The van der Waals surface area contributed by atoms with Crippen LogP contribution < -0.4 is 10.6 Å². The third-order valence-corrected chi connectivity index (χ3v) is 4.80. The lowest BCUT2D eigenvalue weighted by Gasteiger charge is -2.08. The fraction of sp³-hybridized carbons (Fsp3) is 0.222. The molecule has 0 aliphatic heterocycles. The van der Waals surface area contributed by atoms with Gasteiger partial charge in [-0.1, -0.05) is 40.9 Å². The van der Waals surface area contributed by atoms with Crippen molar-refractivity contribution in [3.05, 3.63) is 56.3 Å². The molecule has 0 aliphatic rings.